The molecule has 0 N–H and O–H groups in total. The fourth-order valence-electron chi connectivity index (χ4n) is 1.95. The fourth-order valence-corrected chi connectivity index (χ4v) is 1.95. The molecule has 0 aliphatic carbocycles. The Morgan fingerprint density at radius 1 is 1.47 bits per heavy atom. The Labute approximate surface area is 102 Å². The Morgan fingerprint density at radius 3 is 3.18 bits per heavy atom. The molecule has 1 unspecified atom stereocenters. The second kappa shape index (κ2) is 5.82. The van der Waals surface area contributed by atoms with Gasteiger partial charge in [0.05, 0.1) is 13.2 Å². The highest BCUT2D eigenvalue weighted by Crippen LogP contribution is 2.20. The summed E-state index contributed by atoms with van der Waals surface area (Å²) in [5.41, 5.74) is 0. The smallest absolute Gasteiger partial charge is 0.218 e. The summed E-state index contributed by atoms with van der Waals surface area (Å²) in [4.78, 5) is 10.6. The van der Waals surface area contributed by atoms with E-state index in [0.717, 1.165) is 32.0 Å². The summed E-state index contributed by atoms with van der Waals surface area (Å²) in [5.74, 6) is 1.55. The first-order valence-electron chi connectivity index (χ1n) is 6.10. The van der Waals surface area contributed by atoms with Crippen LogP contribution in [0.5, 0.6) is 5.88 Å². The predicted molar refractivity (Wildman–Crippen MR) is 65.4 cm³/mol. The summed E-state index contributed by atoms with van der Waals surface area (Å²) >= 11 is 0. The van der Waals surface area contributed by atoms with E-state index in [2.05, 4.69) is 21.8 Å². The SMILES string of the molecule is CCOc1cc(N2CCOCCC2C)ncn1. The maximum atomic E-state index is 5.48. The number of rotatable bonds is 3. The molecule has 1 fully saturated rings. The highest BCUT2D eigenvalue weighted by atomic mass is 16.5. The van der Waals surface area contributed by atoms with Crippen LogP contribution >= 0.6 is 0 Å². The van der Waals surface area contributed by atoms with E-state index >= 15 is 0 Å². The van der Waals surface area contributed by atoms with Gasteiger partial charge in [-0.15, -0.1) is 0 Å². The first-order chi connectivity index (χ1) is 8.31. The molecular weight excluding hydrogens is 218 g/mol. The van der Waals surface area contributed by atoms with Gasteiger partial charge in [0.15, 0.2) is 0 Å². The third-order valence-electron chi connectivity index (χ3n) is 2.90. The second-order valence-electron chi connectivity index (χ2n) is 4.09. The quantitative estimate of drug-likeness (QED) is 0.797. The van der Waals surface area contributed by atoms with Crippen molar-refractivity contribution in [2.75, 3.05) is 31.3 Å². The highest BCUT2D eigenvalue weighted by Gasteiger charge is 2.19. The standard InChI is InChI=1S/C12H19N3O2/c1-3-17-12-8-11(13-9-14-12)15-5-7-16-6-4-10(15)2/h8-10H,3-7H2,1-2H3. The second-order valence-corrected chi connectivity index (χ2v) is 4.09. The van der Waals surface area contributed by atoms with E-state index in [-0.39, 0.29) is 0 Å². The Balaban J connectivity index is 2.16. The molecule has 0 radical (unpaired) electrons. The van der Waals surface area contributed by atoms with Crippen LogP contribution in [0, 0.1) is 0 Å². The van der Waals surface area contributed by atoms with Crippen molar-refractivity contribution in [2.45, 2.75) is 26.3 Å². The molecule has 1 aromatic heterocycles. The molecule has 1 saturated heterocycles. The van der Waals surface area contributed by atoms with Gasteiger partial charge >= 0.3 is 0 Å². The topological polar surface area (TPSA) is 47.5 Å². The first kappa shape index (κ1) is 12.1. The van der Waals surface area contributed by atoms with Crippen molar-refractivity contribution in [1.82, 2.24) is 9.97 Å². The van der Waals surface area contributed by atoms with Crippen LogP contribution in [0.15, 0.2) is 12.4 Å². The summed E-state index contributed by atoms with van der Waals surface area (Å²) in [5, 5.41) is 0. The van der Waals surface area contributed by atoms with Gasteiger partial charge in [-0.05, 0) is 20.3 Å². The molecule has 0 spiro atoms. The number of aromatic nitrogens is 2. The van der Waals surface area contributed by atoms with Crippen LogP contribution in [0.2, 0.25) is 0 Å². The number of ether oxygens (including phenoxy) is 2. The summed E-state index contributed by atoms with van der Waals surface area (Å²) in [6.07, 6.45) is 2.58. The van der Waals surface area contributed by atoms with Crippen molar-refractivity contribution in [2.24, 2.45) is 0 Å². The minimum atomic E-state index is 0.432. The summed E-state index contributed by atoms with van der Waals surface area (Å²) < 4.78 is 10.9. The van der Waals surface area contributed by atoms with Crippen LogP contribution in [-0.2, 0) is 4.74 Å². The third kappa shape index (κ3) is 3.06. The summed E-state index contributed by atoms with van der Waals surface area (Å²) in [6.45, 7) is 7.19. The van der Waals surface area contributed by atoms with E-state index in [1.807, 2.05) is 13.0 Å². The first-order valence-corrected chi connectivity index (χ1v) is 6.10. The third-order valence-corrected chi connectivity index (χ3v) is 2.90. The molecule has 1 aliphatic heterocycles. The number of nitrogens with zero attached hydrogens (tertiary/aromatic N) is 3. The average molecular weight is 237 g/mol. The summed E-state index contributed by atoms with van der Waals surface area (Å²) in [6, 6.07) is 2.33. The van der Waals surface area contributed by atoms with Gasteiger partial charge < -0.3 is 14.4 Å². The molecule has 2 heterocycles. The van der Waals surface area contributed by atoms with Gasteiger partial charge in [-0.1, -0.05) is 0 Å². The Bertz CT molecular complexity index is 359. The zero-order chi connectivity index (χ0) is 12.1. The average Bonchev–Trinajstić information content (AvgIpc) is 2.55. The molecule has 1 aliphatic rings. The van der Waals surface area contributed by atoms with Gasteiger partial charge in [-0.3, -0.25) is 0 Å². The molecule has 0 saturated carbocycles. The molecular formula is C12H19N3O2. The maximum Gasteiger partial charge on any atom is 0.218 e. The van der Waals surface area contributed by atoms with E-state index in [9.17, 15) is 0 Å². The lowest BCUT2D eigenvalue weighted by atomic mass is 10.2. The maximum absolute atomic E-state index is 5.48. The molecule has 1 aromatic rings. The van der Waals surface area contributed by atoms with Crippen molar-refractivity contribution < 1.29 is 9.47 Å². The lowest BCUT2D eigenvalue weighted by Gasteiger charge is -2.27. The molecule has 1 atom stereocenters. The van der Waals surface area contributed by atoms with Gasteiger partial charge in [0, 0.05) is 25.3 Å². The van der Waals surface area contributed by atoms with Crippen LogP contribution in [-0.4, -0.2) is 42.4 Å². The largest absolute Gasteiger partial charge is 0.478 e. The lowest BCUT2D eigenvalue weighted by molar-refractivity contribution is 0.150. The van der Waals surface area contributed by atoms with E-state index in [4.69, 9.17) is 9.47 Å². The number of hydrogen-bond acceptors (Lipinski definition) is 5. The molecule has 0 bridgehead atoms. The van der Waals surface area contributed by atoms with Crippen molar-refractivity contribution in [1.29, 1.82) is 0 Å². The van der Waals surface area contributed by atoms with Crippen molar-refractivity contribution in [3.63, 3.8) is 0 Å². The molecule has 17 heavy (non-hydrogen) atoms. The van der Waals surface area contributed by atoms with E-state index < -0.39 is 0 Å². The minimum Gasteiger partial charge on any atom is -0.478 e. The Morgan fingerprint density at radius 2 is 2.35 bits per heavy atom. The van der Waals surface area contributed by atoms with Gasteiger partial charge in [0.2, 0.25) is 5.88 Å². The molecule has 5 nitrogen and oxygen atoms in total. The van der Waals surface area contributed by atoms with Gasteiger partial charge in [0.25, 0.3) is 0 Å². The van der Waals surface area contributed by atoms with E-state index in [1.165, 1.54) is 0 Å². The van der Waals surface area contributed by atoms with Crippen LogP contribution in [0.3, 0.4) is 0 Å². The number of anilines is 1. The molecule has 94 valence electrons. The normalized spacial score (nSPS) is 21.1. The van der Waals surface area contributed by atoms with Gasteiger partial charge in [-0.2, -0.15) is 0 Å². The predicted octanol–water partition coefficient (Wildman–Crippen LogP) is 1.49. The number of hydrogen-bond donors (Lipinski definition) is 0. The lowest BCUT2D eigenvalue weighted by Crippen LogP contribution is -2.34. The van der Waals surface area contributed by atoms with Crippen molar-refractivity contribution in [3.8, 4) is 5.88 Å². The van der Waals surface area contributed by atoms with Gasteiger partial charge in [0.1, 0.15) is 12.1 Å². The molecule has 0 amide bonds. The zero-order valence-electron chi connectivity index (χ0n) is 10.4. The molecule has 5 heteroatoms. The van der Waals surface area contributed by atoms with Gasteiger partial charge in [-0.25, -0.2) is 9.97 Å². The Kier molecular flexibility index (Phi) is 4.14. The van der Waals surface area contributed by atoms with E-state index in [0.29, 0.717) is 18.5 Å². The molecule has 0 aromatic carbocycles. The highest BCUT2D eigenvalue weighted by molar-refractivity contribution is 5.42. The fraction of sp³-hybridized carbons (Fsp3) is 0.667. The summed E-state index contributed by atoms with van der Waals surface area (Å²) in [7, 11) is 0. The van der Waals surface area contributed by atoms with Crippen LogP contribution in [0.1, 0.15) is 20.3 Å². The molecule has 2 rings (SSSR count). The minimum absolute atomic E-state index is 0.432. The van der Waals surface area contributed by atoms with Crippen molar-refractivity contribution >= 4 is 5.82 Å². The van der Waals surface area contributed by atoms with Crippen molar-refractivity contribution in [3.05, 3.63) is 12.4 Å². The van der Waals surface area contributed by atoms with Crippen LogP contribution in [0.25, 0.3) is 0 Å². The van der Waals surface area contributed by atoms with Crippen LogP contribution < -0.4 is 9.64 Å². The Hall–Kier alpha value is -1.36. The monoisotopic (exact) mass is 237 g/mol. The zero-order valence-corrected chi connectivity index (χ0v) is 10.4. The van der Waals surface area contributed by atoms with E-state index in [1.54, 1.807) is 6.33 Å². The van der Waals surface area contributed by atoms with Crippen LogP contribution in [0.4, 0.5) is 5.82 Å².